The summed E-state index contributed by atoms with van der Waals surface area (Å²) in [7, 11) is 0. The van der Waals surface area contributed by atoms with E-state index in [1.807, 2.05) is 43.3 Å². The van der Waals surface area contributed by atoms with Crippen LogP contribution < -0.4 is 0 Å². The second-order valence-electron chi connectivity index (χ2n) is 3.72. The van der Waals surface area contributed by atoms with Crippen LogP contribution >= 0.6 is 23.4 Å². The van der Waals surface area contributed by atoms with E-state index in [0.717, 1.165) is 15.5 Å². The van der Waals surface area contributed by atoms with Crippen LogP contribution in [0.15, 0.2) is 52.5 Å². The van der Waals surface area contributed by atoms with Crippen molar-refractivity contribution < 1.29 is 4.79 Å². The predicted molar refractivity (Wildman–Crippen MR) is 74.4 cm³/mol. The van der Waals surface area contributed by atoms with Gasteiger partial charge in [0, 0.05) is 23.1 Å². The molecule has 0 unspecified atom stereocenters. The van der Waals surface area contributed by atoms with Crippen molar-refractivity contribution >= 4 is 29.1 Å². The fourth-order valence-corrected chi connectivity index (χ4v) is 2.32. The van der Waals surface area contributed by atoms with E-state index >= 15 is 0 Å². The Hall–Kier alpha value is -1.32. The van der Waals surface area contributed by atoms with Gasteiger partial charge in [-0.3, -0.25) is 4.79 Å². The van der Waals surface area contributed by atoms with Crippen molar-refractivity contribution in [2.24, 2.45) is 0 Å². The highest BCUT2D eigenvalue weighted by Gasteiger charge is 2.03. The topological polar surface area (TPSA) is 30.0 Å². The van der Waals surface area contributed by atoms with E-state index in [9.17, 15) is 4.79 Å². The zero-order chi connectivity index (χ0) is 13.0. The number of benzene rings is 1. The highest BCUT2D eigenvalue weighted by molar-refractivity contribution is 7.99. The van der Waals surface area contributed by atoms with E-state index in [-0.39, 0.29) is 5.78 Å². The number of ketones is 1. The SMILES string of the molecule is CCC(=O)c1ccc(Sc2ccc(Cl)cn2)cc1. The maximum Gasteiger partial charge on any atom is 0.162 e. The molecule has 1 heterocycles. The van der Waals surface area contributed by atoms with Gasteiger partial charge < -0.3 is 0 Å². The van der Waals surface area contributed by atoms with Gasteiger partial charge in [0.1, 0.15) is 5.03 Å². The van der Waals surface area contributed by atoms with Gasteiger partial charge in [-0.25, -0.2) is 4.98 Å². The van der Waals surface area contributed by atoms with Crippen molar-refractivity contribution in [3.63, 3.8) is 0 Å². The smallest absolute Gasteiger partial charge is 0.162 e. The minimum atomic E-state index is 0.163. The first-order chi connectivity index (χ1) is 8.69. The van der Waals surface area contributed by atoms with Crippen molar-refractivity contribution in [2.75, 3.05) is 0 Å². The number of carbonyl (C=O) groups excluding carboxylic acids is 1. The maximum atomic E-state index is 11.5. The van der Waals surface area contributed by atoms with Crippen LogP contribution in [0.1, 0.15) is 23.7 Å². The summed E-state index contributed by atoms with van der Waals surface area (Å²) < 4.78 is 0. The normalized spacial score (nSPS) is 10.3. The summed E-state index contributed by atoms with van der Waals surface area (Å²) in [4.78, 5) is 16.8. The summed E-state index contributed by atoms with van der Waals surface area (Å²) in [5.74, 6) is 0.163. The van der Waals surface area contributed by atoms with Crippen LogP contribution in [0, 0.1) is 0 Å². The Morgan fingerprint density at radius 2 is 1.94 bits per heavy atom. The van der Waals surface area contributed by atoms with Gasteiger partial charge >= 0.3 is 0 Å². The molecule has 0 bridgehead atoms. The molecule has 92 valence electrons. The van der Waals surface area contributed by atoms with Crippen LogP contribution in [0.2, 0.25) is 5.02 Å². The third-order valence-electron chi connectivity index (χ3n) is 2.42. The number of rotatable bonds is 4. The Labute approximate surface area is 115 Å². The molecule has 18 heavy (non-hydrogen) atoms. The lowest BCUT2D eigenvalue weighted by molar-refractivity contribution is 0.0988. The molecule has 2 rings (SSSR count). The van der Waals surface area contributed by atoms with Gasteiger partial charge in [0.2, 0.25) is 0 Å². The van der Waals surface area contributed by atoms with Crippen molar-refractivity contribution in [1.82, 2.24) is 4.98 Å². The molecule has 0 saturated heterocycles. The number of halogens is 1. The second-order valence-corrected chi connectivity index (χ2v) is 5.25. The molecule has 0 atom stereocenters. The average molecular weight is 278 g/mol. The van der Waals surface area contributed by atoms with Gasteiger partial charge in [-0.1, -0.05) is 42.4 Å². The summed E-state index contributed by atoms with van der Waals surface area (Å²) in [6, 6.07) is 11.3. The lowest BCUT2D eigenvalue weighted by Crippen LogP contribution is -1.95. The van der Waals surface area contributed by atoms with Crippen LogP contribution in [-0.4, -0.2) is 10.8 Å². The minimum absolute atomic E-state index is 0.163. The van der Waals surface area contributed by atoms with E-state index in [4.69, 9.17) is 11.6 Å². The first kappa shape index (κ1) is 13.1. The van der Waals surface area contributed by atoms with Crippen LogP contribution in [0.3, 0.4) is 0 Å². The highest BCUT2D eigenvalue weighted by atomic mass is 35.5. The second kappa shape index (κ2) is 6.03. The molecular formula is C14H12ClNOS. The molecule has 1 aromatic carbocycles. The molecule has 0 aliphatic heterocycles. The van der Waals surface area contributed by atoms with Crippen molar-refractivity contribution in [3.8, 4) is 0 Å². The fourth-order valence-electron chi connectivity index (χ4n) is 1.46. The molecule has 0 saturated carbocycles. The Bertz CT molecular complexity index is 537. The average Bonchev–Trinajstić information content (AvgIpc) is 2.41. The lowest BCUT2D eigenvalue weighted by Gasteiger charge is -2.02. The van der Waals surface area contributed by atoms with Crippen molar-refractivity contribution in [1.29, 1.82) is 0 Å². The molecule has 0 fully saturated rings. The van der Waals surface area contributed by atoms with Crippen LogP contribution in [0.5, 0.6) is 0 Å². The molecule has 1 aromatic heterocycles. The zero-order valence-corrected chi connectivity index (χ0v) is 11.5. The Morgan fingerprint density at radius 3 is 2.50 bits per heavy atom. The third kappa shape index (κ3) is 3.34. The van der Waals surface area contributed by atoms with Gasteiger partial charge in [-0.15, -0.1) is 0 Å². The maximum absolute atomic E-state index is 11.5. The molecule has 0 amide bonds. The van der Waals surface area contributed by atoms with Gasteiger partial charge in [-0.2, -0.15) is 0 Å². The molecule has 2 aromatic rings. The Balaban J connectivity index is 2.10. The van der Waals surface area contributed by atoms with Crippen LogP contribution in [0.4, 0.5) is 0 Å². The summed E-state index contributed by atoms with van der Waals surface area (Å²) in [6.07, 6.45) is 2.16. The predicted octanol–water partition coefficient (Wildman–Crippen LogP) is 4.48. The number of carbonyl (C=O) groups is 1. The molecule has 0 aliphatic carbocycles. The lowest BCUT2D eigenvalue weighted by atomic mass is 10.1. The molecule has 0 aliphatic rings. The molecule has 2 nitrogen and oxygen atoms in total. The van der Waals surface area contributed by atoms with E-state index < -0.39 is 0 Å². The van der Waals surface area contributed by atoms with Crippen molar-refractivity contribution in [2.45, 2.75) is 23.3 Å². The largest absolute Gasteiger partial charge is 0.294 e. The van der Waals surface area contributed by atoms with E-state index in [2.05, 4.69) is 4.98 Å². The van der Waals surface area contributed by atoms with Gasteiger partial charge in [-0.05, 0) is 24.3 Å². The minimum Gasteiger partial charge on any atom is -0.294 e. The van der Waals surface area contributed by atoms with E-state index in [1.165, 1.54) is 0 Å². The number of hydrogen-bond acceptors (Lipinski definition) is 3. The van der Waals surface area contributed by atoms with Crippen LogP contribution in [0.25, 0.3) is 0 Å². The van der Waals surface area contributed by atoms with Crippen molar-refractivity contribution in [3.05, 3.63) is 53.2 Å². The van der Waals surface area contributed by atoms with Gasteiger partial charge in [0.25, 0.3) is 0 Å². The molecule has 0 spiro atoms. The number of hydrogen-bond donors (Lipinski definition) is 0. The third-order valence-corrected chi connectivity index (χ3v) is 3.60. The number of Topliss-reactive ketones (excluding diaryl/α,β-unsaturated/α-hetero) is 1. The molecule has 0 N–H and O–H groups in total. The molecule has 4 heteroatoms. The summed E-state index contributed by atoms with van der Waals surface area (Å²) in [6.45, 7) is 1.86. The summed E-state index contributed by atoms with van der Waals surface area (Å²) in [5, 5.41) is 1.51. The summed E-state index contributed by atoms with van der Waals surface area (Å²) in [5.41, 5.74) is 0.755. The fraction of sp³-hybridized carbons (Fsp3) is 0.143. The molecule has 0 radical (unpaired) electrons. The molecular weight excluding hydrogens is 266 g/mol. The number of nitrogens with zero attached hydrogens (tertiary/aromatic N) is 1. The summed E-state index contributed by atoms with van der Waals surface area (Å²) >= 11 is 7.32. The number of pyridine rings is 1. The number of aromatic nitrogens is 1. The first-order valence-corrected chi connectivity index (χ1v) is 6.81. The highest BCUT2D eigenvalue weighted by Crippen LogP contribution is 2.26. The standard InChI is InChI=1S/C14H12ClNOS/c1-2-13(17)10-3-6-12(7-4-10)18-14-8-5-11(15)9-16-14/h3-9H,2H2,1H3. The monoisotopic (exact) mass is 277 g/mol. The zero-order valence-electron chi connectivity index (χ0n) is 9.89. The van der Waals surface area contributed by atoms with Gasteiger partial charge in [0.05, 0.1) is 5.02 Å². The van der Waals surface area contributed by atoms with E-state index in [1.54, 1.807) is 18.0 Å². The van der Waals surface area contributed by atoms with E-state index in [0.29, 0.717) is 11.4 Å². The van der Waals surface area contributed by atoms with Crippen LogP contribution in [-0.2, 0) is 0 Å². The first-order valence-electron chi connectivity index (χ1n) is 5.61. The quantitative estimate of drug-likeness (QED) is 0.772. The van der Waals surface area contributed by atoms with Gasteiger partial charge in [0.15, 0.2) is 5.78 Å². The Kier molecular flexibility index (Phi) is 4.39. The Morgan fingerprint density at radius 1 is 1.22 bits per heavy atom.